The van der Waals surface area contributed by atoms with E-state index in [9.17, 15) is 4.79 Å². The van der Waals surface area contributed by atoms with Crippen LogP contribution in [0.2, 0.25) is 0 Å². The molecular weight excluding hydrogens is 268 g/mol. The van der Waals surface area contributed by atoms with Gasteiger partial charge in [-0.15, -0.1) is 21.5 Å². The lowest BCUT2D eigenvalue weighted by molar-refractivity contribution is -0.119. The number of anilines is 1. The Morgan fingerprint density at radius 1 is 1.58 bits per heavy atom. The second-order valence-corrected chi connectivity index (χ2v) is 4.46. The normalized spacial score (nSPS) is 10.2. The number of aromatic amines is 1. The molecule has 0 unspecified atom stereocenters. The van der Waals surface area contributed by atoms with Crippen molar-refractivity contribution in [1.82, 2.24) is 25.5 Å². The topological polar surface area (TPSA) is 145 Å². The lowest BCUT2D eigenvalue weighted by Crippen LogP contribution is -2.20. The third-order valence-electron chi connectivity index (χ3n) is 2.03. The lowest BCUT2D eigenvalue weighted by atomic mass is 10.5. The average molecular weight is 280 g/mol. The molecule has 0 saturated heterocycles. The fourth-order valence-electron chi connectivity index (χ4n) is 1.26. The summed E-state index contributed by atoms with van der Waals surface area (Å²) in [5, 5.41) is 22.4. The minimum Gasteiger partial charge on any atom is -0.370 e. The van der Waals surface area contributed by atoms with E-state index >= 15 is 0 Å². The largest absolute Gasteiger partial charge is 0.370 e. The highest BCUT2D eigenvalue weighted by Crippen LogP contribution is 2.21. The van der Waals surface area contributed by atoms with Crippen LogP contribution in [0, 0.1) is 5.41 Å². The molecule has 0 bridgehead atoms. The summed E-state index contributed by atoms with van der Waals surface area (Å²) in [5.41, 5.74) is 5.80. The molecule has 2 rings (SSSR count). The van der Waals surface area contributed by atoms with Gasteiger partial charge >= 0.3 is 0 Å². The Morgan fingerprint density at radius 3 is 3.05 bits per heavy atom. The number of H-pyrrole nitrogens is 1. The van der Waals surface area contributed by atoms with E-state index in [4.69, 9.17) is 11.1 Å². The third-order valence-corrected chi connectivity index (χ3v) is 2.78. The van der Waals surface area contributed by atoms with Gasteiger partial charge in [-0.1, -0.05) is 0 Å². The molecule has 0 saturated carbocycles. The summed E-state index contributed by atoms with van der Waals surface area (Å²) in [7, 11) is 0. The van der Waals surface area contributed by atoms with E-state index in [0.717, 1.165) is 0 Å². The molecule has 9 nitrogen and oxygen atoms in total. The van der Waals surface area contributed by atoms with Crippen molar-refractivity contribution in [3.05, 3.63) is 11.2 Å². The van der Waals surface area contributed by atoms with Crippen molar-refractivity contribution in [1.29, 1.82) is 5.41 Å². The quantitative estimate of drug-likeness (QED) is 0.389. The Morgan fingerprint density at radius 2 is 2.37 bits per heavy atom. The lowest BCUT2D eigenvalue weighted by Gasteiger charge is -1.96. The predicted molar refractivity (Wildman–Crippen MR) is 70.5 cm³/mol. The molecule has 0 fully saturated rings. The summed E-state index contributed by atoms with van der Waals surface area (Å²) in [4.78, 5) is 17.9. The van der Waals surface area contributed by atoms with Gasteiger partial charge in [-0.05, 0) is 0 Å². The van der Waals surface area contributed by atoms with Crippen LogP contribution in [0.1, 0.15) is 12.7 Å². The van der Waals surface area contributed by atoms with Crippen LogP contribution in [-0.2, 0) is 11.3 Å². The zero-order chi connectivity index (χ0) is 13.8. The molecule has 0 spiro atoms. The molecule has 0 aliphatic carbocycles. The first-order chi connectivity index (χ1) is 9.04. The molecule has 2 aromatic rings. The monoisotopic (exact) mass is 280 g/mol. The number of carbonyl (C=O) groups excluding carboxylic acids is 1. The van der Waals surface area contributed by atoms with Crippen LogP contribution in [0.5, 0.6) is 0 Å². The van der Waals surface area contributed by atoms with Crippen LogP contribution >= 0.6 is 11.3 Å². The summed E-state index contributed by atoms with van der Waals surface area (Å²) >= 11 is 1.30. The van der Waals surface area contributed by atoms with Gasteiger partial charge in [-0.2, -0.15) is 0 Å². The number of carbonyl (C=O) groups is 1. The molecule has 1 amide bonds. The summed E-state index contributed by atoms with van der Waals surface area (Å²) in [5.74, 6) is 0.719. The Kier molecular flexibility index (Phi) is 3.71. The number of nitrogens with one attached hydrogen (secondary N) is 4. The molecule has 6 N–H and O–H groups in total. The minimum absolute atomic E-state index is 0.139. The number of nitrogens with zero attached hydrogens (tertiary/aromatic N) is 3. The zero-order valence-corrected chi connectivity index (χ0v) is 10.8. The van der Waals surface area contributed by atoms with Crippen LogP contribution < -0.4 is 16.4 Å². The molecule has 19 heavy (non-hydrogen) atoms. The van der Waals surface area contributed by atoms with Gasteiger partial charge in [0.15, 0.2) is 16.9 Å². The second-order valence-electron chi connectivity index (χ2n) is 3.61. The number of aromatic nitrogens is 4. The number of thiazole rings is 1. The molecule has 0 radical (unpaired) electrons. The van der Waals surface area contributed by atoms with E-state index in [1.165, 1.54) is 18.3 Å². The predicted octanol–water partition coefficient (Wildman–Crippen LogP) is -0.130. The number of hydrogen-bond acceptors (Lipinski definition) is 6. The van der Waals surface area contributed by atoms with E-state index in [2.05, 4.69) is 30.8 Å². The molecule has 0 aliphatic rings. The van der Waals surface area contributed by atoms with Crippen molar-refractivity contribution < 1.29 is 4.79 Å². The number of guanidine groups is 1. The van der Waals surface area contributed by atoms with Gasteiger partial charge in [0.25, 0.3) is 0 Å². The van der Waals surface area contributed by atoms with Crippen LogP contribution in [-0.4, -0.2) is 32.0 Å². The summed E-state index contributed by atoms with van der Waals surface area (Å²) in [6.07, 6.45) is 0. The highest BCUT2D eigenvalue weighted by Gasteiger charge is 2.10. The number of amides is 1. The fraction of sp³-hybridized carbons (Fsp3) is 0.222. The standard InChI is InChI=1S/C9H12N8OS/c1-4(18)12-2-6-14-7(17-16-6)5-3-19-9(13-5)15-8(10)11/h3H,2H2,1H3,(H,12,18)(H,14,16,17)(H4,10,11,13,15). The summed E-state index contributed by atoms with van der Waals surface area (Å²) in [6, 6.07) is 0. The second kappa shape index (κ2) is 5.44. The van der Waals surface area contributed by atoms with Crippen LogP contribution in [0.4, 0.5) is 5.13 Å². The maximum absolute atomic E-state index is 10.8. The van der Waals surface area contributed by atoms with Gasteiger partial charge < -0.3 is 21.4 Å². The van der Waals surface area contributed by atoms with Crippen molar-refractivity contribution in [3.63, 3.8) is 0 Å². The Labute approximate surface area is 112 Å². The van der Waals surface area contributed by atoms with Gasteiger partial charge in [-0.25, -0.2) is 4.98 Å². The fourth-order valence-corrected chi connectivity index (χ4v) is 1.96. The van der Waals surface area contributed by atoms with Crippen LogP contribution in [0.25, 0.3) is 11.5 Å². The number of nitrogens with two attached hydrogens (primary N) is 1. The van der Waals surface area contributed by atoms with Crippen molar-refractivity contribution >= 4 is 28.3 Å². The van der Waals surface area contributed by atoms with Crippen molar-refractivity contribution in [3.8, 4) is 11.5 Å². The molecule has 0 aromatic carbocycles. The zero-order valence-electron chi connectivity index (χ0n) is 10.0. The van der Waals surface area contributed by atoms with Gasteiger partial charge in [0.1, 0.15) is 11.5 Å². The summed E-state index contributed by atoms with van der Waals surface area (Å²) < 4.78 is 0. The number of rotatable bonds is 4. The van der Waals surface area contributed by atoms with Crippen LogP contribution in [0.3, 0.4) is 0 Å². The number of hydrogen-bond donors (Lipinski definition) is 5. The Bertz CT molecular complexity index is 603. The molecule has 2 aromatic heterocycles. The SMILES string of the molecule is CC(=O)NCc1nnc(-c2csc(NC(=N)N)n2)[nH]1. The van der Waals surface area contributed by atoms with Gasteiger partial charge in [0.05, 0.1) is 6.54 Å². The Balaban J connectivity index is 2.07. The summed E-state index contributed by atoms with van der Waals surface area (Å²) in [6.45, 7) is 1.71. The van der Waals surface area contributed by atoms with Gasteiger partial charge in [0.2, 0.25) is 5.91 Å². The van der Waals surface area contributed by atoms with E-state index in [-0.39, 0.29) is 18.4 Å². The van der Waals surface area contributed by atoms with E-state index in [0.29, 0.717) is 22.5 Å². The minimum atomic E-state index is -0.176. The first-order valence-corrected chi connectivity index (χ1v) is 6.15. The highest BCUT2D eigenvalue weighted by atomic mass is 32.1. The van der Waals surface area contributed by atoms with Crippen molar-refractivity contribution in [2.45, 2.75) is 13.5 Å². The average Bonchev–Trinajstić information content (AvgIpc) is 2.93. The van der Waals surface area contributed by atoms with E-state index in [1.807, 2.05) is 0 Å². The first-order valence-electron chi connectivity index (χ1n) is 5.27. The first kappa shape index (κ1) is 13.0. The maximum Gasteiger partial charge on any atom is 0.217 e. The molecule has 100 valence electrons. The van der Waals surface area contributed by atoms with Crippen molar-refractivity contribution in [2.75, 3.05) is 5.32 Å². The molecule has 2 heterocycles. The van der Waals surface area contributed by atoms with Crippen molar-refractivity contribution in [2.24, 2.45) is 5.73 Å². The van der Waals surface area contributed by atoms with Gasteiger partial charge in [0, 0.05) is 12.3 Å². The molecule has 0 aliphatic heterocycles. The molecule has 0 atom stereocenters. The third kappa shape index (κ3) is 3.48. The van der Waals surface area contributed by atoms with E-state index < -0.39 is 0 Å². The smallest absolute Gasteiger partial charge is 0.217 e. The van der Waals surface area contributed by atoms with E-state index in [1.54, 1.807) is 5.38 Å². The maximum atomic E-state index is 10.8. The van der Waals surface area contributed by atoms with Gasteiger partial charge in [-0.3, -0.25) is 10.2 Å². The molecular formula is C9H12N8OS. The Hall–Kier alpha value is -2.49. The highest BCUT2D eigenvalue weighted by molar-refractivity contribution is 7.14. The molecule has 10 heteroatoms. The van der Waals surface area contributed by atoms with Crippen LogP contribution in [0.15, 0.2) is 5.38 Å².